The predicted molar refractivity (Wildman–Crippen MR) is 131 cm³/mol. The molecule has 1 atom stereocenters. The maximum absolute atomic E-state index is 13.6. The highest BCUT2D eigenvalue weighted by molar-refractivity contribution is 7.89. The third kappa shape index (κ3) is 4.51. The van der Waals surface area contributed by atoms with E-state index in [1.54, 1.807) is 47.4 Å². The third-order valence-corrected chi connectivity index (χ3v) is 7.95. The zero-order valence-electron chi connectivity index (χ0n) is 19.0. The van der Waals surface area contributed by atoms with Gasteiger partial charge in [-0.25, -0.2) is 8.42 Å². The van der Waals surface area contributed by atoms with E-state index in [0.717, 1.165) is 24.3 Å². The summed E-state index contributed by atoms with van der Waals surface area (Å²) in [5.41, 5.74) is 2.38. The lowest BCUT2D eigenvalue weighted by atomic mass is 10.1. The van der Waals surface area contributed by atoms with Gasteiger partial charge in [-0.2, -0.15) is 4.31 Å². The monoisotopic (exact) mass is 463 g/mol. The van der Waals surface area contributed by atoms with Crippen molar-refractivity contribution in [1.82, 2.24) is 9.21 Å². The van der Waals surface area contributed by atoms with Crippen molar-refractivity contribution in [1.29, 1.82) is 0 Å². The van der Waals surface area contributed by atoms with Crippen LogP contribution in [0.15, 0.2) is 89.8 Å². The van der Waals surface area contributed by atoms with Crippen LogP contribution in [0.2, 0.25) is 0 Å². The molecule has 6 nitrogen and oxygen atoms in total. The zero-order chi connectivity index (χ0) is 23.4. The number of rotatable bonds is 7. The van der Waals surface area contributed by atoms with E-state index in [1.165, 1.54) is 4.31 Å². The average Bonchev–Trinajstić information content (AvgIpc) is 3.32. The van der Waals surface area contributed by atoms with Crippen LogP contribution < -0.4 is 4.90 Å². The quantitative estimate of drug-likeness (QED) is 0.522. The lowest BCUT2D eigenvalue weighted by Crippen LogP contribution is -2.38. The van der Waals surface area contributed by atoms with Crippen LogP contribution in [0.3, 0.4) is 0 Å². The first-order chi connectivity index (χ1) is 16.0. The number of carbonyl (C=O) groups is 1. The van der Waals surface area contributed by atoms with E-state index in [1.807, 2.05) is 42.5 Å². The van der Waals surface area contributed by atoms with Crippen molar-refractivity contribution in [2.75, 3.05) is 31.1 Å². The van der Waals surface area contributed by atoms with Crippen LogP contribution in [0.1, 0.15) is 35.9 Å². The summed E-state index contributed by atoms with van der Waals surface area (Å²) in [4.78, 5) is 17.5. The molecule has 0 N–H and O–H groups in total. The van der Waals surface area contributed by atoms with E-state index in [-0.39, 0.29) is 17.3 Å². The Morgan fingerprint density at radius 3 is 2.00 bits per heavy atom. The molecule has 33 heavy (non-hydrogen) atoms. The van der Waals surface area contributed by atoms with Gasteiger partial charge in [0.2, 0.25) is 10.0 Å². The number of carbonyl (C=O) groups excluding carboxylic acids is 1. The maximum Gasteiger partial charge on any atom is 0.255 e. The molecule has 1 aliphatic heterocycles. The van der Waals surface area contributed by atoms with Crippen molar-refractivity contribution < 1.29 is 13.2 Å². The van der Waals surface area contributed by atoms with Gasteiger partial charge in [-0.15, -0.1) is 0 Å². The molecular formula is C26H29N3O3S. The largest absolute Gasteiger partial charge is 0.372 e. The number of hydrogen-bond acceptors (Lipinski definition) is 4. The molecule has 1 heterocycles. The summed E-state index contributed by atoms with van der Waals surface area (Å²) in [6, 6.07) is 25.3. The van der Waals surface area contributed by atoms with Crippen LogP contribution in [0.25, 0.3) is 0 Å². The Labute approximate surface area is 196 Å². The van der Waals surface area contributed by atoms with E-state index < -0.39 is 16.2 Å². The van der Waals surface area contributed by atoms with Crippen molar-refractivity contribution in [3.05, 3.63) is 96.1 Å². The molecular weight excluding hydrogens is 434 g/mol. The molecule has 0 unspecified atom stereocenters. The Morgan fingerprint density at radius 1 is 0.848 bits per heavy atom. The molecule has 3 aromatic carbocycles. The molecule has 1 amide bonds. The highest BCUT2D eigenvalue weighted by Crippen LogP contribution is 2.36. The van der Waals surface area contributed by atoms with Gasteiger partial charge in [-0.05, 0) is 55.8 Å². The molecule has 4 rings (SSSR count). The van der Waals surface area contributed by atoms with Crippen LogP contribution in [-0.4, -0.2) is 49.7 Å². The van der Waals surface area contributed by atoms with Gasteiger partial charge in [0.15, 0.2) is 0 Å². The van der Waals surface area contributed by atoms with Gasteiger partial charge in [-0.3, -0.25) is 4.79 Å². The molecule has 0 saturated carbocycles. The maximum atomic E-state index is 13.6. The van der Waals surface area contributed by atoms with Gasteiger partial charge in [0.1, 0.15) is 6.17 Å². The predicted octanol–water partition coefficient (Wildman–Crippen LogP) is 4.38. The van der Waals surface area contributed by atoms with E-state index in [9.17, 15) is 13.2 Å². The molecule has 1 fully saturated rings. The average molecular weight is 464 g/mol. The lowest BCUT2D eigenvalue weighted by molar-refractivity contribution is 0.0693. The first-order valence-corrected chi connectivity index (χ1v) is 12.7. The van der Waals surface area contributed by atoms with E-state index in [2.05, 4.69) is 18.7 Å². The SMILES string of the molecule is CCN(CC)c1ccc([C@@H]2N(C(=O)c3ccccc3)CCN2S(=O)(=O)c2ccccc2)cc1. The Balaban J connectivity index is 1.75. The second kappa shape index (κ2) is 9.77. The number of nitrogens with zero attached hydrogens (tertiary/aromatic N) is 3. The smallest absolute Gasteiger partial charge is 0.255 e. The van der Waals surface area contributed by atoms with Crippen LogP contribution in [0.4, 0.5) is 5.69 Å². The summed E-state index contributed by atoms with van der Waals surface area (Å²) in [6.07, 6.45) is -0.714. The van der Waals surface area contributed by atoms with Gasteiger partial charge in [0, 0.05) is 37.4 Å². The van der Waals surface area contributed by atoms with Crippen LogP contribution >= 0.6 is 0 Å². The van der Waals surface area contributed by atoms with Crippen molar-refractivity contribution >= 4 is 21.6 Å². The highest BCUT2D eigenvalue weighted by Gasteiger charge is 2.43. The Bertz CT molecular complexity index is 1180. The number of sulfonamides is 1. The van der Waals surface area contributed by atoms with Crippen LogP contribution in [0.5, 0.6) is 0 Å². The van der Waals surface area contributed by atoms with Crippen molar-refractivity contribution in [3.63, 3.8) is 0 Å². The third-order valence-electron chi connectivity index (χ3n) is 6.08. The first kappa shape index (κ1) is 23.0. The van der Waals surface area contributed by atoms with E-state index >= 15 is 0 Å². The fraction of sp³-hybridized carbons (Fsp3) is 0.269. The second-order valence-electron chi connectivity index (χ2n) is 7.93. The van der Waals surface area contributed by atoms with Gasteiger partial charge in [-0.1, -0.05) is 48.5 Å². The lowest BCUT2D eigenvalue weighted by Gasteiger charge is -2.31. The normalized spacial score (nSPS) is 16.7. The summed E-state index contributed by atoms with van der Waals surface area (Å²) < 4.78 is 28.6. The highest BCUT2D eigenvalue weighted by atomic mass is 32.2. The Kier molecular flexibility index (Phi) is 6.81. The number of benzene rings is 3. The molecule has 172 valence electrons. The minimum Gasteiger partial charge on any atom is -0.372 e. The fourth-order valence-electron chi connectivity index (χ4n) is 4.34. The van der Waals surface area contributed by atoms with Crippen LogP contribution in [0, 0.1) is 0 Å². The van der Waals surface area contributed by atoms with E-state index in [0.29, 0.717) is 12.1 Å². The topological polar surface area (TPSA) is 60.9 Å². The summed E-state index contributed by atoms with van der Waals surface area (Å²) in [7, 11) is -3.79. The molecule has 3 aromatic rings. The standard InChI is InChI=1S/C26H29N3O3S/c1-3-27(4-2)23-17-15-21(16-18-23)25-28(26(30)22-11-7-5-8-12-22)19-20-29(25)33(31,32)24-13-9-6-10-14-24/h5-18,25H,3-4,19-20H2,1-2H3/t25-/m1/s1. The summed E-state index contributed by atoms with van der Waals surface area (Å²) in [6.45, 7) is 6.52. The van der Waals surface area contributed by atoms with E-state index in [4.69, 9.17) is 0 Å². The Morgan fingerprint density at radius 2 is 1.42 bits per heavy atom. The van der Waals surface area contributed by atoms with Gasteiger partial charge >= 0.3 is 0 Å². The summed E-state index contributed by atoms with van der Waals surface area (Å²) >= 11 is 0. The van der Waals surface area contributed by atoms with Crippen molar-refractivity contribution in [3.8, 4) is 0 Å². The van der Waals surface area contributed by atoms with Crippen LogP contribution in [-0.2, 0) is 10.0 Å². The second-order valence-corrected chi connectivity index (χ2v) is 9.82. The molecule has 1 aliphatic rings. The molecule has 1 saturated heterocycles. The van der Waals surface area contributed by atoms with Crippen molar-refractivity contribution in [2.24, 2.45) is 0 Å². The van der Waals surface area contributed by atoms with Gasteiger partial charge in [0.05, 0.1) is 4.90 Å². The molecule has 0 spiro atoms. The van der Waals surface area contributed by atoms with Gasteiger partial charge in [0.25, 0.3) is 5.91 Å². The molecule has 0 radical (unpaired) electrons. The fourth-order valence-corrected chi connectivity index (χ4v) is 5.93. The number of amides is 1. The minimum atomic E-state index is -3.79. The molecule has 7 heteroatoms. The molecule has 0 aromatic heterocycles. The first-order valence-electron chi connectivity index (χ1n) is 11.2. The van der Waals surface area contributed by atoms with Gasteiger partial charge < -0.3 is 9.80 Å². The molecule has 0 bridgehead atoms. The number of hydrogen-bond donors (Lipinski definition) is 0. The minimum absolute atomic E-state index is 0.181. The zero-order valence-corrected chi connectivity index (χ0v) is 19.8. The Hall–Kier alpha value is -3.16. The number of anilines is 1. The summed E-state index contributed by atoms with van der Waals surface area (Å²) in [5, 5.41) is 0. The van der Waals surface area contributed by atoms with Crippen molar-refractivity contribution in [2.45, 2.75) is 24.9 Å². The summed E-state index contributed by atoms with van der Waals surface area (Å²) in [5.74, 6) is -0.181. The molecule has 0 aliphatic carbocycles.